The first-order valence-corrected chi connectivity index (χ1v) is 11.1. The normalized spacial score (nSPS) is 10.6. The molecule has 0 aliphatic carbocycles. The highest BCUT2D eigenvalue weighted by Crippen LogP contribution is 2.23. The van der Waals surface area contributed by atoms with Crippen molar-refractivity contribution >= 4 is 23.4 Å². The predicted octanol–water partition coefficient (Wildman–Crippen LogP) is 4.17. The average Bonchev–Trinajstić information content (AvgIpc) is 3.21. The molecule has 0 bridgehead atoms. The Morgan fingerprint density at radius 2 is 1.64 bits per heavy atom. The molecule has 0 aliphatic rings. The van der Waals surface area contributed by atoms with Crippen LogP contribution in [-0.4, -0.2) is 24.0 Å². The third-order valence-corrected chi connectivity index (χ3v) is 5.65. The van der Waals surface area contributed by atoms with Gasteiger partial charge in [-0.25, -0.2) is 4.79 Å². The number of methoxy groups -OCH3 is 1. The summed E-state index contributed by atoms with van der Waals surface area (Å²) in [4.78, 5) is 24.4. The number of nitrogens with zero attached hydrogens (tertiary/aromatic N) is 1. The number of carbonyl (C=O) groups excluding carboxylic acids is 1. The minimum Gasteiger partial charge on any atom is -0.497 e. The zero-order chi connectivity index (χ0) is 23.0. The second-order valence-corrected chi connectivity index (χ2v) is 7.99. The molecule has 0 atom stereocenters. The number of ether oxygens (including phenoxy) is 2. The maximum atomic E-state index is 12.3. The Bertz CT molecular complexity index is 1250. The summed E-state index contributed by atoms with van der Waals surface area (Å²) in [6.45, 7) is 0. The van der Waals surface area contributed by atoms with Gasteiger partial charge in [0.1, 0.15) is 17.2 Å². The number of anilines is 1. The fraction of sp³-hybridized carbons (Fsp3) is 0.125. The Balaban J connectivity index is 1.30. The van der Waals surface area contributed by atoms with E-state index in [0.717, 1.165) is 5.75 Å². The number of amides is 1. The van der Waals surface area contributed by atoms with Crippen molar-refractivity contribution in [3.8, 4) is 22.9 Å². The molecule has 2 N–H and O–H groups in total. The van der Waals surface area contributed by atoms with Crippen LogP contribution in [0.3, 0.4) is 0 Å². The number of hydrogen-bond donors (Lipinski definition) is 2. The highest BCUT2D eigenvalue weighted by molar-refractivity contribution is 7.99. The van der Waals surface area contributed by atoms with Crippen LogP contribution < -0.4 is 25.1 Å². The lowest BCUT2D eigenvalue weighted by molar-refractivity contribution is -0.704. The van der Waals surface area contributed by atoms with Gasteiger partial charge in [0, 0.05) is 30.0 Å². The SMILES string of the molecule is COc1ccc(-[n+]2[nH]oc(=O)c2SCCC(=O)Nc2ccc(Oc3ccccc3)cc2)cc1. The molecular formula is C24H22N3O5S+. The van der Waals surface area contributed by atoms with Gasteiger partial charge < -0.3 is 14.8 Å². The fourth-order valence-electron chi connectivity index (χ4n) is 2.98. The fourth-order valence-corrected chi connectivity index (χ4v) is 3.90. The summed E-state index contributed by atoms with van der Waals surface area (Å²) < 4.78 is 17.4. The molecule has 1 heterocycles. The van der Waals surface area contributed by atoms with Crippen LogP contribution in [0.2, 0.25) is 0 Å². The van der Waals surface area contributed by atoms with Gasteiger partial charge in [0.15, 0.2) is 0 Å². The third kappa shape index (κ3) is 5.83. The highest BCUT2D eigenvalue weighted by Gasteiger charge is 2.24. The summed E-state index contributed by atoms with van der Waals surface area (Å²) in [5.74, 6) is 2.37. The van der Waals surface area contributed by atoms with E-state index in [1.807, 2.05) is 30.3 Å². The molecule has 0 saturated carbocycles. The molecule has 0 unspecified atom stereocenters. The van der Waals surface area contributed by atoms with Gasteiger partial charge in [0.25, 0.3) is 0 Å². The van der Waals surface area contributed by atoms with Gasteiger partial charge in [-0.2, -0.15) is 0 Å². The van der Waals surface area contributed by atoms with E-state index in [4.69, 9.17) is 14.0 Å². The zero-order valence-electron chi connectivity index (χ0n) is 17.8. The first kappa shape index (κ1) is 22.2. The zero-order valence-corrected chi connectivity index (χ0v) is 18.6. The molecular weight excluding hydrogens is 442 g/mol. The Labute approximate surface area is 194 Å². The van der Waals surface area contributed by atoms with E-state index < -0.39 is 5.63 Å². The summed E-state index contributed by atoms with van der Waals surface area (Å²) in [6, 6.07) is 23.8. The number of rotatable bonds is 9. The smallest absolute Gasteiger partial charge is 0.442 e. The largest absolute Gasteiger partial charge is 0.497 e. The Morgan fingerprint density at radius 1 is 0.970 bits per heavy atom. The van der Waals surface area contributed by atoms with Crippen molar-refractivity contribution in [3.05, 3.63) is 89.3 Å². The van der Waals surface area contributed by atoms with Crippen LogP contribution in [0.15, 0.2) is 93.2 Å². The average molecular weight is 465 g/mol. The van der Waals surface area contributed by atoms with Crippen LogP contribution in [0.5, 0.6) is 17.2 Å². The molecule has 1 amide bonds. The van der Waals surface area contributed by atoms with Crippen LogP contribution in [-0.2, 0) is 4.79 Å². The summed E-state index contributed by atoms with van der Waals surface area (Å²) in [6.07, 6.45) is 0.222. The van der Waals surface area contributed by atoms with Crippen LogP contribution >= 0.6 is 11.8 Å². The number of aromatic amines is 1. The molecule has 0 radical (unpaired) electrons. The van der Waals surface area contributed by atoms with Crippen molar-refractivity contribution in [1.29, 1.82) is 0 Å². The number of hydrogen-bond acceptors (Lipinski definition) is 6. The molecule has 4 rings (SSSR count). The lowest BCUT2D eigenvalue weighted by Crippen LogP contribution is -2.36. The van der Waals surface area contributed by atoms with Crippen molar-refractivity contribution < 1.29 is 23.5 Å². The Morgan fingerprint density at radius 3 is 2.33 bits per heavy atom. The number of carbonyl (C=O) groups is 1. The van der Waals surface area contributed by atoms with Gasteiger partial charge in [-0.3, -0.25) is 9.32 Å². The van der Waals surface area contributed by atoms with E-state index in [2.05, 4.69) is 10.6 Å². The van der Waals surface area contributed by atoms with Gasteiger partial charge in [0.05, 0.1) is 7.11 Å². The molecule has 168 valence electrons. The Kier molecular flexibility index (Phi) is 7.11. The van der Waals surface area contributed by atoms with Crippen LogP contribution in [0, 0.1) is 0 Å². The topological polar surface area (TPSA) is 97.4 Å². The van der Waals surface area contributed by atoms with E-state index >= 15 is 0 Å². The first-order valence-electron chi connectivity index (χ1n) is 10.2. The van der Waals surface area contributed by atoms with E-state index in [1.54, 1.807) is 55.6 Å². The number of benzene rings is 3. The van der Waals surface area contributed by atoms with Crippen molar-refractivity contribution in [2.75, 3.05) is 18.2 Å². The van der Waals surface area contributed by atoms with E-state index in [9.17, 15) is 9.59 Å². The van der Waals surface area contributed by atoms with E-state index in [1.165, 1.54) is 16.4 Å². The van der Waals surface area contributed by atoms with Gasteiger partial charge in [0.2, 0.25) is 11.6 Å². The van der Waals surface area contributed by atoms with Gasteiger partial charge in [-0.1, -0.05) is 18.2 Å². The quantitative estimate of drug-likeness (QED) is 0.285. The van der Waals surface area contributed by atoms with Crippen molar-refractivity contribution in [2.24, 2.45) is 0 Å². The highest BCUT2D eigenvalue weighted by atomic mass is 32.2. The molecule has 0 fully saturated rings. The van der Waals surface area contributed by atoms with Crippen molar-refractivity contribution in [1.82, 2.24) is 5.27 Å². The molecule has 0 spiro atoms. The minimum absolute atomic E-state index is 0.157. The second kappa shape index (κ2) is 10.6. The van der Waals surface area contributed by atoms with Gasteiger partial charge in [-0.15, -0.1) is 0 Å². The Hall–Kier alpha value is -3.98. The minimum atomic E-state index is -0.495. The van der Waals surface area contributed by atoms with Crippen molar-refractivity contribution in [2.45, 2.75) is 11.4 Å². The number of para-hydroxylation sites is 1. The molecule has 1 aromatic heterocycles. The molecule has 8 nitrogen and oxygen atoms in total. The first-order chi connectivity index (χ1) is 16.1. The summed E-state index contributed by atoms with van der Waals surface area (Å²) in [7, 11) is 1.58. The standard InChI is InChI=1S/C24H21N3O5S/c1-30-19-13-9-18(10-14-19)27-23(24(29)32-26-27)33-16-15-22(28)25-17-7-11-21(12-8-17)31-20-5-3-2-4-6-20/h2-14H,15-16H2,1H3,(H-,25,26,28,29)/p+1. The summed E-state index contributed by atoms with van der Waals surface area (Å²) >= 11 is 1.24. The summed E-state index contributed by atoms with van der Waals surface area (Å²) in [5.41, 5.74) is 0.886. The maximum Gasteiger partial charge on any atom is 0.442 e. The lowest BCUT2D eigenvalue weighted by atomic mass is 10.3. The van der Waals surface area contributed by atoms with Crippen molar-refractivity contribution in [3.63, 3.8) is 0 Å². The van der Waals surface area contributed by atoms with Crippen LogP contribution in [0.1, 0.15) is 6.42 Å². The van der Waals surface area contributed by atoms with Gasteiger partial charge >= 0.3 is 10.7 Å². The molecule has 9 heteroatoms. The third-order valence-electron chi connectivity index (χ3n) is 4.62. The lowest BCUT2D eigenvalue weighted by Gasteiger charge is -2.08. The van der Waals surface area contributed by atoms with E-state index in [-0.39, 0.29) is 12.3 Å². The maximum absolute atomic E-state index is 12.3. The van der Waals surface area contributed by atoms with Crippen LogP contribution in [0.4, 0.5) is 5.69 Å². The predicted molar refractivity (Wildman–Crippen MR) is 124 cm³/mol. The number of aromatic nitrogens is 2. The molecule has 0 aliphatic heterocycles. The molecule has 0 saturated heterocycles. The number of H-pyrrole nitrogens is 1. The second-order valence-electron chi connectivity index (χ2n) is 6.91. The molecule has 3 aromatic carbocycles. The number of thioether (sulfide) groups is 1. The van der Waals surface area contributed by atoms with Gasteiger partial charge in [-0.05, 0) is 70.2 Å². The molecule has 4 aromatic rings. The number of nitrogens with one attached hydrogen (secondary N) is 2. The monoisotopic (exact) mass is 464 g/mol. The van der Waals surface area contributed by atoms with Crippen LogP contribution in [0.25, 0.3) is 5.69 Å². The van der Waals surface area contributed by atoms with E-state index in [0.29, 0.717) is 33.7 Å². The summed E-state index contributed by atoms with van der Waals surface area (Å²) in [5, 5.41) is 5.79. The molecule has 33 heavy (non-hydrogen) atoms.